The Morgan fingerprint density at radius 3 is 2.48 bits per heavy atom. The first kappa shape index (κ1) is 17.4. The van der Waals surface area contributed by atoms with Crippen molar-refractivity contribution >= 4 is 23.2 Å². The van der Waals surface area contributed by atoms with Gasteiger partial charge in [-0.1, -0.05) is 18.5 Å². The summed E-state index contributed by atoms with van der Waals surface area (Å²) in [5.41, 5.74) is 0.0462. The molecule has 21 heavy (non-hydrogen) atoms. The molecule has 6 nitrogen and oxygen atoms in total. The Kier molecular flexibility index (Phi) is 6.58. The van der Waals surface area contributed by atoms with Crippen molar-refractivity contribution in [3.8, 4) is 0 Å². The van der Waals surface area contributed by atoms with Crippen LogP contribution in [0.3, 0.4) is 0 Å². The molecule has 0 radical (unpaired) electrons. The van der Waals surface area contributed by atoms with Gasteiger partial charge in [-0.25, -0.2) is 0 Å². The first-order valence-electron chi connectivity index (χ1n) is 6.74. The third-order valence-corrected chi connectivity index (χ3v) is 3.31. The monoisotopic (exact) mass is 313 g/mol. The molecule has 0 spiro atoms. The average molecular weight is 314 g/mol. The summed E-state index contributed by atoms with van der Waals surface area (Å²) in [6.07, 6.45) is 0.828. The standard InChI is InChI=1S/C14H20ClN3O3/c1-4-7-17(9-8-16(2)3)14(19)11-5-6-12(15)13(10-11)18(20)21/h5-6,10H,4,7-9H2,1-3H3. The van der Waals surface area contributed by atoms with Gasteiger partial charge in [0.1, 0.15) is 5.02 Å². The Labute approximate surface area is 129 Å². The second-order valence-electron chi connectivity index (χ2n) is 5.02. The van der Waals surface area contributed by atoms with Gasteiger partial charge in [-0.3, -0.25) is 14.9 Å². The van der Waals surface area contributed by atoms with Crippen molar-refractivity contribution in [2.45, 2.75) is 13.3 Å². The van der Waals surface area contributed by atoms with Gasteiger partial charge in [-0.05, 0) is 32.6 Å². The number of hydrogen-bond acceptors (Lipinski definition) is 4. The number of halogens is 1. The summed E-state index contributed by atoms with van der Waals surface area (Å²) in [4.78, 5) is 26.5. The molecule has 116 valence electrons. The highest BCUT2D eigenvalue weighted by molar-refractivity contribution is 6.32. The topological polar surface area (TPSA) is 66.7 Å². The fraction of sp³-hybridized carbons (Fsp3) is 0.500. The fourth-order valence-electron chi connectivity index (χ4n) is 1.87. The Bertz CT molecular complexity index is 520. The zero-order valence-electron chi connectivity index (χ0n) is 12.5. The SMILES string of the molecule is CCCN(CCN(C)C)C(=O)c1ccc(Cl)c([N+](=O)[O-])c1. The molecule has 0 aliphatic rings. The summed E-state index contributed by atoms with van der Waals surface area (Å²) >= 11 is 5.77. The quantitative estimate of drug-likeness (QED) is 0.573. The summed E-state index contributed by atoms with van der Waals surface area (Å²) in [7, 11) is 3.86. The molecule has 1 aromatic rings. The zero-order chi connectivity index (χ0) is 16.0. The minimum Gasteiger partial charge on any atom is -0.337 e. The molecule has 1 rings (SSSR count). The zero-order valence-corrected chi connectivity index (χ0v) is 13.3. The van der Waals surface area contributed by atoms with E-state index in [-0.39, 0.29) is 16.6 Å². The van der Waals surface area contributed by atoms with Gasteiger partial charge in [0.2, 0.25) is 0 Å². The molecule has 0 saturated heterocycles. The van der Waals surface area contributed by atoms with Crippen molar-refractivity contribution in [1.82, 2.24) is 9.80 Å². The largest absolute Gasteiger partial charge is 0.337 e. The lowest BCUT2D eigenvalue weighted by molar-refractivity contribution is -0.384. The van der Waals surface area contributed by atoms with E-state index < -0.39 is 4.92 Å². The highest BCUT2D eigenvalue weighted by atomic mass is 35.5. The molecule has 0 N–H and O–H groups in total. The van der Waals surface area contributed by atoms with Crippen LogP contribution in [0.4, 0.5) is 5.69 Å². The number of nitro benzene ring substituents is 1. The van der Waals surface area contributed by atoms with Crippen LogP contribution < -0.4 is 0 Å². The number of carbonyl (C=O) groups is 1. The third kappa shape index (κ3) is 4.99. The highest BCUT2D eigenvalue weighted by Gasteiger charge is 2.20. The van der Waals surface area contributed by atoms with Gasteiger partial charge in [-0.2, -0.15) is 0 Å². The average Bonchev–Trinajstić information content (AvgIpc) is 2.42. The molecule has 0 aliphatic heterocycles. The van der Waals surface area contributed by atoms with Crippen LogP contribution in [-0.4, -0.2) is 54.4 Å². The van der Waals surface area contributed by atoms with Gasteiger partial charge in [0.15, 0.2) is 0 Å². The van der Waals surface area contributed by atoms with Crippen molar-refractivity contribution in [2.24, 2.45) is 0 Å². The van der Waals surface area contributed by atoms with Crippen molar-refractivity contribution in [3.05, 3.63) is 38.9 Å². The summed E-state index contributed by atoms with van der Waals surface area (Å²) in [6.45, 7) is 3.92. The first-order chi connectivity index (χ1) is 9.86. The van der Waals surface area contributed by atoms with Crippen LogP contribution in [0.25, 0.3) is 0 Å². The van der Waals surface area contributed by atoms with E-state index in [0.29, 0.717) is 18.7 Å². The van der Waals surface area contributed by atoms with Crippen LogP contribution in [0.2, 0.25) is 5.02 Å². The fourth-order valence-corrected chi connectivity index (χ4v) is 2.06. The van der Waals surface area contributed by atoms with Crippen LogP contribution in [0.1, 0.15) is 23.7 Å². The van der Waals surface area contributed by atoms with Crippen LogP contribution in [-0.2, 0) is 0 Å². The molecule has 7 heteroatoms. The van der Waals surface area contributed by atoms with E-state index in [4.69, 9.17) is 11.6 Å². The van der Waals surface area contributed by atoms with E-state index in [2.05, 4.69) is 0 Å². The summed E-state index contributed by atoms with van der Waals surface area (Å²) in [5, 5.41) is 10.9. The lowest BCUT2D eigenvalue weighted by atomic mass is 10.1. The number of amides is 1. The Morgan fingerprint density at radius 2 is 1.95 bits per heavy atom. The van der Waals surface area contributed by atoms with E-state index in [9.17, 15) is 14.9 Å². The highest BCUT2D eigenvalue weighted by Crippen LogP contribution is 2.25. The number of carbonyl (C=O) groups excluding carboxylic acids is 1. The summed E-state index contributed by atoms with van der Waals surface area (Å²) in [6, 6.07) is 4.15. The van der Waals surface area contributed by atoms with Crippen LogP contribution in [0.5, 0.6) is 0 Å². The molecular weight excluding hydrogens is 294 g/mol. The third-order valence-electron chi connectivity index (χ3n) is 2.99. The van der Waals surface area contributed by atoms with Gasteiger partial charge < -0.3 is 9.80 Å². The van der Waals surface area contributed by atoms with E-state index >= 15 is 0 Å². The second-order valence-corrected chi connectivity index (χ2v) is 5.43. The molecule has 0 bridgehead atoms. The molecule has 0 heterocycles. The van der Waals surface area contributed by atoms with E-state index in [1.54, 1.807) is 4.90 Å². The second kappa shape index (κ2) is 7.95. The van der Waals surface area contributed by atoms with E-state index in [1.165, 1.54) is 18.2 Å². The van der Waals surface area contributed by atoms with Crippen LogP contribution in [0.15, 0.2) is 18.2 Å². The molecule has 0 fully saturated rings. The maximum Gasteiger partial charge on any atom is 0.288 e. The Balaban J connectivity index is 2.97. The number of nitrogens with zero attached hydrogens (tertiary/aromatic N) is 3. The molecule has 0 saturated carbocycles. The van der Waals surface area contributed by atoms with Crippen molar-refractivity contribution < 1.29 is 9.72 Å². The minimum atomic E-state index is -0.580. The number of rotatable bonds is 7. The van der Waals surface area contributed by atoms with Gasteiger partial charge in [-0.15, -0.1) is 0 Å². The van der Waals surface area contributed by atoms with Gasteiger partial charge in [0, 0.05) is 31.3 Å². The number of benzene rings is 1. The van der Waals surface area contributed by atoms with Crippen LogP contribution >= 0.6 is 11.6 Å². The molecule has 0 unspecified atom stereocenters. The molecule has 0 aromatic heterocycles. The number of hydrogen-bond donors (Lipinski definition) is 0. The van der Waals surface area contributed by atoms with Crippen molar-refractivity contribution in [1.29, 1.82) is 0 Å². The smallest absolute Gasteiger partial charge is 0.288 e. The van der Waals surface area contributed by atoms with Crippen molar-refractivity contribution in [3.63, 3.8) is 0 Å². The molecule has 1 aromatic carbocycles. The Morgan fingerprint density at radius 1 is 1.29 bits per heavy atom. The predicted octanol–water partition coefficient (Wildman–Crippen LogP) is 2.66. The normalized spacial score (nSPS) is 10.7. The lowest BCUT2D eigenvalue weighted by Gasteiger charge is -2.24. The first-order valence-corrected chi connectivity index (χ1v) is 7.12. The van der Waals surface area contributed by atoms with Crippen molar-refractivity contribution in [2.75, 3.05) is 33.7 Å². The predicted molar refractivity (Wildman–Crippen MR) is 82.9 cm³/mol. The molecule has 0 atom stereocenters. The van der Waals surface area contributed by atoms with Gasteiger partial charge in [0.05, 0.1) is 4.92 Å². The lowest BCUT2D eigenvalue weighted by Crippen LogP contribution is -2.37. The number of likely N-dealkylation sites (N-methyl/N-ethyl adjacent to an activating group) is 1. The summed E-state index contributed by atoms with van der Waals surface area (Å²) < 4.78 is 0. The molecule has 1 amide bonds. The van der Waals surface area contributed by atoms with Gasteiger partial charge >= 0.3 is 0 Å². The van der Waals surface area contributed by atoms with E-state index in [0.717, 1.165) is 13.0 Å². The van der Waals surface area contributed by atoms with Gasteiger partial charge in [0.25, 0.3) is 11.6 Å². The van der Waals surface area contributed by atoms with Crippen LogP contribution in [0, 0.1) is 10.1 Å². The molecular formula is C14H20ClN3O3. The maximum absolute atomic E-state index is 12.5. The minimum absolute atomic E-state index is 0.0342. The summed E-state index contributed by atoms with van der Waals surface area (Å²) in [5.74, 6) is -0.210. The Hall–Kier alpha value is -1.66. The maximum atomic E-state index is 12.5. The molecule has 0 aliphatic carbocycles. The number of nitro groups is 1. The van der Waals surface area contributed by atoms with E-state index in [1.807, 2.05) is 25.9 Å².